The van der Waals surface area contributed by atoms with Gasteiger partial charge in [0.25, 0.3) is 0 Å². The molecule has 2 N–H and O–H groups in total. The number of hydrogen-bond donors (Lipinski definition) is 1. The standard InChI is InChI=1S/C14H21N3O/c1-16(2)14(18)7-13(8-15)17-9-11-5-3-4-6-12(11)10-17/h3-6,13H,7-10,15H2,1-2H3. The van der Waals surface area contributed by atoms with E-state index in [4.69, 9.17) is 5.73 Å². The number of carbonyl (C=O) groups excluding carboxylic acids is 1. The summed E-state index contributed by atoms with van der Waals surface area (Å²) in [6.07, 6.45) is 0.498. The third-order valence-electron chi connectivity index (χ3n) is 3.56. The molecule has 4 nitrogen and oxygen atoms in total. The number of hydrogen-bond acceptors (Lipinski definition) is 3. The van der Waals surface area contributed by atoms with E-state index >= 15 is 0 Å². The van der Waals surface area contributed by atoms with Crippen LogP contribution in [0.3, 0.4) is 0 Å². The summed E-state index contributed by atoms with van der Waals surface area (Å²) in [5, 5.41) is 0. The fourth-order valence-electron chi connectivity index (χ4n) is 2.36. The van der Waals surface area contributed by atoms with Crippen molar-refractivity contribution < 1.29 is 4.79 Å². The molecule has 1 atom stereocenters. The average Bonchev–Trinajstić information content (AvgIpc) is 2.78. The molecule has 0 saturated heterocycles. The second-order valence-electron chi connectivity index (χ2n) is 5.06. The minimum absolute atomic E-state index is 0.132. The average molecular weight is 247 g/mol. The van der Waals surface area contributed by atoms with Crippen LogP contribution in [0.1, 0.15) is 17.5 Å². The van der Waals surface area contributed by atoms with Gasteiger partial charge in [0, 0.05) is 46.2 Å². The monoisotopic (exact) mass is 247 g/mol. The van der Waals surface area contributed by atoms with Crippen molar-refractivity contribution in [3.63, 3.8) is 0 Å². The predicted octanol–water partition coefficient (Wildman–Crippen LogP) is 0.808. The summed E-state index contributed by atoms with van der Waals surface area (Å²) < 4.78 is 0. The Morgan fingerprint density at radius 3 is 2.33 bits per heavy atom. The van der Waals surface area contributed by atoms with Gasteiger partial charge in [0.05, 0.1) is 0 Å². The van der Waals surface area contributed by atoms with Crippen LogP contribution in [0.15, 0.2) is 24.3 Å². The predicted molar refractivity (Wildman–Crippen MR) is 71.8 cm³/mol. The Bertz CT molecular complexity index is 406. The van der Waals surface area contributed by atoms with Crippen molar-refractivity contribution in [2.75, 3.05) is 20.6 Å². The fourth-order valence-corrected chi connectivity index (χ4v) is 2.36. The highest BCUT2D eigenvalue weighted by Crippen LogP contribution is 2.25. The quantitative estimate of drug-likeness (QED) is 0.856. The van der Waals surface area contributed by atoms with Crippen LogP contribution in [0.5, 0.6) is 0 Å². The molecule has 1 aromatic carbocycles. The second kappa shape index (κ2) is 5.50. The minimum Gasteiger partial charge on any atom is -0.349 e. The van der Waals surface area contributed by atoms with Crippen LogP contribution in [-0.2, 0) is 17.9 Å². The van der Waals surface area contributed by atoms with Gasteiger partial charge in [-0.3, -0.25) is 9.69 Å². The fraction of sp³-hybridized carbons (Fsp3) is 0.500. The van der Waals surface area contributed by atoms with Crippen LogP contribution in [-0.4, -0.2) is 42.4 Å². The number of carbonyl (C=O) groups is 1. The highest BCUT2D eigenvalue weighted by molar-refractivity contribution is 5.76. The van der Waals surface area contributed by atoms with Gasteiger partial charge < -0.3 is 10.6 Å². The summed E-state index contributed by atoms with van der Waals surface area (Å²) in [5.74, 6) is 0.140. The van der Waals surface area contributed by atoms with Crippen molar-refractivity contribution in [2.24, 2.45) is 5.73 Å². The molecule has 0 bridgehead atoms. The summed E-state index contributed by atoms with van der Waals surface area (Å²) in [7, 11) is 3.57. The molecule has 0 saturated carbocycles. The topological polar surface area (TPSA) is 49.6 Å². The summed E-state index contributed by atoms with van der Waals surface area (Å²) in [5.41, 5.74) is 8.53. The number of nitrogens with zero attached hydrogens (tertiary/aromatic N) is 2. The molecule has 0 fully saturated rings. The summed E-state index contributed by atoms with van der Waals surface area (Å²) in [4.78, 5) is 15.7. The van der Waals surface area contributed by atoms with Crippen molar-refractivity contribution in [2.45, 2.75) is 25.6 Å². The zero-order valence-electron chi connectivity index (χ0n) is 11.1. The number of fused-ring (bicyclic) bond motifs is 1. The molecule has 0 spiro atoms. The molecule has 2 rings (SSSR count). The summed E-state index contributed by atoms with van der Waals surface area (Å²) >= 11 is 0. The maximum absolute atomic E-state index is 11.8. The lowest BCUT2D eigenvalue weighted by Gasteiger charge is -2.26. The van der Waals surface area contributed by atoms with Gasteiger partial charge in [-0.15, -0.1) is 0 Å². The number of nitrogens with two attached hydrogens (primary N) is 1. The molecule has 1 heterocycles. The highest BCUT2D eigenvalue weighted by atomic mass is 16.2. The van der Waals surface area contributed by atoms with Gasteiger partial charge in [-0.1, -0.05) is 24.3 Å². The SMILES string of the molecule is CN(C)C(=O)CC(CN)N1Cc2ccccc2C1. The van der Waals surface area contributed by atoms with Crippen molar-refractivity contribution in [3.05, 3.63) is 35.4 Å². The van der Waals surface area contributed by atoms with Crippen LogP contribution in [0, 0.1) is 0 Å². The van der Waals surface area contributed by atoms with Crippen LogP contribution in [0.4, 0.5) is 0 Å². The van der Waals surface area contributed by atoms with E-state index in [1.165, 1.54) is 11.1 Å². The summed E-state index contributed by atoms with van der Waals surface area (Å²) in [6, 6.07) is 8.55. The molecule has 0 radical (unpaired) electrons. The van der Waals surface area contributed by atoms with Crippen molar-refractivity contribution in [1.82, 2.24) is 9.80 Å². The molecule has 18 heavy (non-hydrogen) atoms. The first-order valence-electron chi connectivity index (χ1n) is 6.33. The Morgan fingerprint density at radius 2 is 1.89 bits per heavy atom. The zero-order valence-corrected chi connectivity index (χ0v) is 11.1. The van der Waals surface area contributed by atoms with Crippen molar-refractivity contribution in [1.29, 1.82) is 0 Å². The van der Waals surface area contributed by atoms with Crippen molar-refractivity contribution >= 4 is 5.91 Å². The molecule has 1 aromatic rings. The zero-order chi connectivity index (χ0) is 13.1. The molecule has 0 aromatic heterocycles. The smallest absolute Gasteiger partial charge is 0.223 e. The maximum atomic E-state index is 11.8. The first kappa shape index (κ1) is 13.1. The maximum Gasteiger partial charge on any atom is 0.223 e. The first-order chi connectivity index (χ1) is 8.61. The third kappa shape index (κ3) is 2.71. The Hall–Kier alpha value is -1.39. The van der Waals surface area contributed by atoms with Gasteiger partial charge >= 0.3 is 0 Å². The lowest BCUT2D eigenvalue weighted by atomic mass is 10.1. The number of rotatable bonds is 4. The Kier molecular flexibility index (Phi) is 3.99. The molecule has 98 valence electrons. The highest BCUT2D eigenvalue weighted by Gasteiger charge is 2.26. The first-order valence-corrected chi connectivity index (χ1v) is 6.33. The van der Waals surface area contributed by atoms with Crippen LogP contribution >= 0.6 is 0 Å². The second-order valence-corrected chi connectivity index (χ2v) is 5.06. The van der Waals surface area contributed by atoms with Gasteiger partial charge in [0.1, 0.15) is 0 Å². The van der Waals surface area contributed by atoms with E-state index in [0.29, 0.717) is 13.0 Å². The van der Waals surface area contributed by atoms with Gasteiger partial charge in [0.15, 0.2) is 0 Å². The normalized spacial score (nSPS) is 16.4. The largest absolute Gasteiger partial charge is 0.349 e. The van der Waals surface area contributed by atoms with E-state index in [-0.39, 0.29) is 11.9 Å². The van der Waals surface area contributed by atoms with Crippen LogP contribution in [0.2, 0.25) is 0 Å². The molecule has 1 aliphatic rings. The minimum atomic E-state index is 0.132. The lowest BCUT2D eigenvalue weighted by Crippen LogP contribution is -2.41. The molecular formula is C14H21N3O. The van der Waals surface area contributed by atoms with Crippen molar-refractivity contribution in [3.8, 4) is 0 Å². The molecule has 0 aliphatic carbocycles. The Morgan fingerprint density at radius 1 is 1.33 bits per heavy atom. The number of benzene rings is 1. The summed E-state index contributed by atoms with van der Waals surface area (Å²) in [6.45, 7) is 2.32. The van der Waals surface area contributed by atoms with Gasteiger partial charge in [-0.2, -0.15) is 0 Å². The van der Waals surface area contributed by atoms with E-state index in [2.05, 4.69) is 29.2 Å². The Labute approximate surface area is 108 Å². The van der Waals surface area contributed by atoms with E-state index < -0.39 is 0 Å². The number of amides is 1. The van der Waals surface area contributed by atoms with Crippen LogP contribution in [0.25, 0.3) is 0 Å². The van der Waals surface area contributed by atoms with Gasteiger partial charge in [-0.05, 0) is 11.1 Å². The Balaban J connectivity index is 2.02. The van der Waals surface area contributed by atoms with E-state index in [1.54, 1.807) is 19.0 Å². The van der Waals surface area contributed by atoms with Crippen LogP contribution < -0.4 is 5.73 Å². The van der Waals surface area contributed by atoms with E-state index in [0.717, 1.165) is 13.1 Å². The lowest BCUT2D eigenvalue weighted by molar-refractivity contribution is -0.130. The van der Waals surface area contributed by atoms with Gasteiger partial charge in [0.2, 0.25) is 5.91 Å². The molecule has 4 heteroatoms. The third-order valence-corrected chi connectivity index (χ3v) is 3.56. The molecule has 1 aliphatic heterocycles. The van der Waals surface area contributed by atoms with Gasteiger partial charge in [-0.25, -0.2) is 0 Å². The molecule has 1 unspecified atom stereocenters. The van der Waals surface area contributed by atoms with E-state index in [1.807, 2.05) is 0 Å². The van der Waals surface area contributed by atoms with E-state index in [9.17, 15) is 4.79 Å². The molecule has 1 amide bonds. The molecular weight excluding hydrogens is 226 g/mol.